The summed E-state index contributed by atoms with van der Waals surface area (Å²) in [5.74, 6) is 0.655. The van der Waals surface area contributed by atoms with Crippen LogP contribution in [0.3, 0.4) is 0 Å². The second kappa shape index (κ2) is 3.81. The molecule has 19 heavy (non-hydrogen) atoms. The number of fused-ring (bicyclic) bond motifs is 3. The molecule has 0 heterocycles. The second-order valence-corrected chi connectivity index (χ2v) is 6.41. The van der Waals surface area contributed by atoms with Crippen LogP contribution in [-0.2, 0) is 14.3 Å². The van der Waals surface area contributed by atoms with E-state index < -0.39 is 5.92 Å². The second-order valence-electron chi connectivity index (χ2n) is 6.41. The van der Waals surface area contributed by atoms with Gasteiger partial charge in [0, 0.05) is 17.4 Å². The number of Topliss-reactive ketones (excluding diaryl/α,β-unsaturated/α-hetero) is 1. The zero-order valence-corrected chi connectivity index (χ0v) is 11.9. The summed E-state index contributed by atoms with van der Waals surface area (Å²) in [6.07, 6.45) is 3.76. The molecule has 0 aromatic heterocycles. The maximum atomic E-state index is 12.4. The highest BCUT2D eigenvalue weighted by Gasteiger charge is 2.60. The van der Waals surface area contributed by atoms with Crippen molar-refractivity contribution >= 4 is 11.8 Å². The smallest absolute Gasteiger partial charge is 0.312 e. The standard InChI is InChI=1S/C16H20O3/c1-8-10-5-13(10)16(3)7-14(17)11(6-12(8)16)9(2)15(18)19-4/h6,9-10,13H,5,7H2,1-4H3/t9-,10+,13+,16+/m0/s1. The first kappa shape index (κ1) is 12.6. The number of allylic oxidation sites excluding steroid dienone is 3. The van der Waals surface area contributed by atoms with Gasteiger partial charge in [-0.05, 0) is 37.7 Å². The van der Waals surface area contributed by atoms with E-state index in [2.05, 4.69) is 13.8 Å². The molecule has 0 aliphatic heterocycles. The van der Waals surface area contributed by atoms with E-state index in [4.69, 9.17) is 4.74 Å². The van der Waals surface area contributed by atoms with Gasteiger partial charge in [-0.15, -0.1) is 0 Å². The van der Waals surface area contributed by atoms with E-state index >= 15 is 0 Å². The maximum Gasteiger partial charge on any atom is 0.312 e. The average Bonchev–Trinajstić information content (AvgIpc) is 3.13. The van der Waals surface area contributed by atoms with Gasteiger partial charge in [0.25, 0.3) is 0 Å². The highest BCUT2D eigenvalue weighted by Crippen LogP contribution is 2.67. The van der Waals surface area contributed by atoms with Crippen LogP contribution in [0.4, 0.5) is 0 Å². The first-order chi connectivity index (χ1) is 8.90. The monoisotopic (exact) mass is 260 g/mol. The number of esters is 1. The lowest BCUT2D eigenvalue weighted by Gasteiger charge is -2.34. The Hall–Kier alpha value is -1.38. The van der Waals surface area contributed by atoms with Gasteiger partial charge in [0.1, 0.15) is 0 Å². The third kappa shape index (κ3) is 1.57. The van der Waals surface area contributed by atoms with Gasteiger partial charge in [-0.25, -0.2) is 0 Å². The zero-order valence-electron chi connectivity index (χ0n) is 11.9. The van der Waals surface area contributed by atoms with Crippen molar-refractivity contribution in [2.45, 2.75) is 33.6 Å². The highest BCUT2D eigenvalue weighted by molar-refractivity contribution is 6.03. The number of ketones is 1. The number of methoxy groups -OCH3 is 1. The topological polar surface area (TPSA) is 43.4 Å². The Labute approximate surface area is 113 Å². The summed E-state index contributed by atoms with van der Waals surface area (Å²) in [6.45, 7) is 6.14. The molecule has 1 saturated carbocycles. The minimum absolute atomic E-state index is 0.0190. The lowest BCUT2D eigenvalue weighted by Crippen LogP contribution is -2.32. The lowest BCUT2D eigenvalue weighted by molar-refractivity contribution is -0.144. The Kier molecular flexibility index (Phi) is 2.54. The van der Waals surface area contributed by atoms with Crippen LogP contribution in [0.2, 0.25) is 0 Å². The molecule has 0 aromatic rings. The van der Waals surface area contributed by atoms with Crippen LogP contribution in [0.15, 0.2) is 22.8 Å². The van der Waals surface area contributed by atoms with E-state index in [9.17, 15) is 9.59 Å². The molecule has 0 aromatic carbocycles. The van der Waals surface area contributed by atoms with Crippen LogP contribution < -0.4 is 0 Å². The Bertz CT molecular complexity index is 540. The minimum Gasteiger partial charge on any atom is -0.469 e. The molecule has 0 bridgehead atoms. The van der Waals surface area contributed by atoms with Gasteiger partial charge in [0.15, 0.2) is 5.78 Å². The summed E-state index contributed by atoms with van der Waals surface area (Å²) in [5, 5.41) is 0. The number of carbonyl (C=O) groups is 2. The minimum atomic E-state index is -0.459. The molecule has 0 radical (unpaired) electrons. The molecular formula is C16H20O3. The van der Waals surface area contributed by atoms with Crippen LogP contribution in [0.25, 0.3) is 0 Å². The van der Waals surface area contributed by atoms with Crippen molar-refractivity contribution in [1.82, 2.24) is 0 Å². The van der Waals surface area contributed by atoms with E-state index in [0.29, 0.717) is 23.8 Å². The largest absolute Gasteiger partial charge is 0.469 e. The molecule has 4 atom stereocenters. The van der Waals surface area contributed by atoms with Crippen molar-refractivity contribution in [2.75, 3.05) is 7.11 Å². The molecule has 0 saturated heterocycles. The van der Waals surface area contributed by atoms with Gasteiger partial charge >= 0.3 is 5.97 Å². The van der Waals surface area contributed by atoms with Crippen molar-refractivity contribution in [3.8, 4) is 0 Å². The fourth-order valence-electron chi connectivity index (χ4n) is 4.07. The zero-order chi connectivity index (χ0) is 13.9. The fourth-order valence-corrected chi connectivity index (χ4v) is 4.07. The quantitative estimate of drug-likeness (QED) is 0.717. The number of rotatable bonds is 2. The van der Waals surface area contributed by atoms with Crippen molar-refractivity contribution in [2.24, 2.45) is 23.2 Å². The highest BCUT2D eigenvalue weighted by atomic mass is 16.5. The van der Waals surface area contributed by atoms with Gasteiger partial charge < -0.3 is 4.74 Å². The molecule has 1 fully saturated rings. The van der Waals surface area contributed by atoms with Crippen LogP contribution in [0.5, 0.6) is 0 Å². The number of ether oxygens (including phenoxy) is 1. The van der Waals surface area contributed by atoms with Crippen molar-refractivity contribution in [3.63, 3.8) is 0 Å². The first-order valence-electron chi connectivity index (χ1n) is 6.94. The third-order valence-corrected chi connectivity index (χ3v) is 5.38. The maximum absolute atomic E-state index is 12.4. The molecule has 3 aliphatic rings. The molecule has 102 valence electrons. The van der Waals surface area contributed by atoms with E-state index in [0.717, 1.165) is 0 Å². The molecule has 0 amide bonds. The Morgan fingerprint density at radius 2 is 2.21 bits per heavy atom. The normalized spacial score (nSPS) is 37.5. The fraction of sp³-hybridized carbons (Fsp3) is 0.625. The van der Waals surface area contributed by atoms with E-state index in [1.807, 2.05) is 6.08 Å². The molecule has 0 unspecified atom stereocenters. The summed E-state index contributed by atoms with van der Waals surface area (Å²) in [7, 11) is 1.37. The summed E-state index contributed by atoms with van der Waals surface area (Å²) in [5.41, 5.74) is 3.37. The van der Waals surface area contributed by atoms with Crippen LogP contribution in [0.1, 0.15) is 33.6 Å². The van der Waals surface area contributed by atoms with Crippen molar-refractivity contribution < 1.29 is 14.3 Å². The molecule has 0 N–H and O–H groups in total. The van der Waals surface area contributed by atoms with E-state index in [-0.39, 0.29) is 17.2 Å². The van der Waals surface area contributed by atoms with Gasteiger partial charge in [-0.3, -0.25) is 9.59 Å². The van der Waals surface area contributed by atoms with Crippen LogP contribution in [0, 0.1) is 23.2 Å². The summed E-state index contributed by atoms with van der Waals surface area (Å²) in [6, 6.07) is 0. The Morgan fingerprint density at radius 1 is 1.53 bits per heavy atom. The SMILES string of the molecule is COC(=O)[C@@H](C)C1=CC2=C(C)[C@H]3C[C@H]3[C@]2(C)CC1=O. The number of hydrogen-bond acceptors (Lipinski definition) is 3. The molecule has 3 nitrogen and oxygen atoms in total. The van der Waals surface area contributed by atoms with E-state index in [1.165, 1.54) is 24.7 Å². The number of carbonyl (C=O) groups excluding carboxylic acids is 2. The van der Waals surface area contributed by atoms with Crippen molar-refractivity contribution in [1.29, 1.82) is 0 Å². The molecular weight excluding hydrogens is 240 g/mol. The summed E-state index contributed by atoms with van der Waals surface area (Å²) < 4.78 is 4.76. The molecule has 0 spiro atoms. The summed E-state index contributed by atoms with van der Waals surface area (Å²) >= 11 is 0. The third-order valence-electron chi connectivity index (χ3n) is 5.38. The predicted molar refractivity (Wildman–Crippen MR) is 71.3 cm³/mol. The van der Waals surface area contributed by atoms with Gasteiger partial charge in [-0.2, -0.15) is 0 Å². The molecule has 3 aliphatic carbocycles. The Balaban J connectivity index is 2.02. The molecule has 3 heteroatoms. The van der Waals surface area contributed by atoms with E-state index in [1.54, 1.807) is 6.92 Å². The molecule has 3 rings (SSSR count). The number of hydrogen-bond donors (Lipinski definition) is 0. The van der Waals surface area contributed by atoms with Crippen molar-refractivity contribution in [3.05, 3.63) is 22.8 Å². The Morgan fingerprint density at radius 3 is 2.84 bits per heavy atom. The van der Waals surface area contributed by atoms with Crippen LogP contribution >= 0.6 is 0 Å². The van der Waals surface area contributed by atoms with Gasteiger partial charge in [0.05, 0.1) is 13.0 Å². The van der Waals surface area contributed by atoms with Gasteiger partial charge in [-0.1, -0.05) is 18.6 Å². The van der Waals surface area contributed by atoms with Crippen LogP contribution in [-0.4, -0.2) is 18.9 Å². The lowest BCUT2D eigenvalue weighted by atomic mass is 9.69. The predicted octanol–water partition coefficient (Wildman–Crippen LogP) is 2.67. The summed E-state index contributed by atoms with van der Waals surface area (Å²) in [4.78, 5) is 24.0. The van der Waals surface area contributed by atoms with Gasteiger partial charge in [0.2, 0.25) is 0 Å². The first-order valence-corrected chi connectivity index (χ1v) is 6.94. The average molecular weight is 260 g/mol.